The van der Waals surface area contributed by atoms with Crippen LogP contribution in [0, 0.1) is 0 Å². The van der Waals surface area contributed by atoms with Crippen molar-refractivity contribution in [3.05, 3.63) is 358 Å². The minimum Gasteiger partial charge on any atom is -0.458 e. The normalized spacial score (nSPS) is 13.0. The summed E-state index contributed by atoms with van der Waals surface area (Å²) in [5.74, 6) is 1.63. The lowest BCUT2D eigenvalue weighted by Gasteiger charge is -2.46. The molecule has 0 aliphatic carbocycles. The summed E-state index contributed by atoms with van der Waals surface area (Å²) in [6.45, 7) is -0.512. The Hall–Kier alpha value is -12.9. The minimum absolute atomic E-state index is 0.251. The number of fused-ring (bicyclic) bond motifs is 17. The summed E-state index contributed by atoms with van der Waals surface area (Å²) in [4.78, 5) is 12.7. The van der Waals surface area contributed by atoms with E-state index in [4.69, 9.17) is 4.74 Å². The molecule has 0 amide bonds. The van der Waals surface area contributed by atoms with Crippen molar-refractivity contribution in [1.82, 2.24) is 0 Å². The van der Waals surface area contributed by atoms with E-state index >= 15 is 0 Å². The van der Waals surface area contributed by atoms with Crippen molar-refractivity contribution in [1.29, 1.82) is 0 Å². The average molecular weight is 1420 g/mol. The van der Waals surface area contributed by atoms with Crippen molar-refractivity contribution in [2.75, 3.05) is 24.5 Å². The summed E-state index contributed by atoms with van der Waals surface area (Å²) >= 11 is 5.58. The van der Waals surface area contributed by atoms with Gasteiger partial charge in [0.25, 0.3) is 13.4 Å². The lowest BCUT2D eigenvalue weighted by atomic mass is 9.30. The Morgan fingerprint density at radius 1 is 0.243 bits per heavy atom. The molecule has 16 aromatic carbocycles. The summed E-state index contributed by atoms with van der Waals surface area (Å²) < 4.78 is 15.6. The maximum absolute atomic E-state index is 8.05. The molecule has 0 saturated heterocycles. The van der Waals surface area contributed by atoms with Crippen LogP contribution in [-0.4, -0.2) is 13.4 Å². The first-order valence-corrected chi connectivity index (χ1v) is 39.0. The molecule has 0 saturated carbocycles. The molecule has 7 heterocycles. The summed E-state index contributed by atoms with van der Waals surface area (Å²) in [7, 11) is 0. The first-order chi connectivity index (χ1) is 53.1. The predicted octanol–water partition coefficient (Wildman–Crippen LogP) is 23.9. The Kier molecular flexibility index (Phi) is 13.5. The Morgan fingerprint density at radius 2 is 0.645 bits per heavy atom. The molecule has 19 aromatic rings. The second kappa shape index (κ2) is 23.8. The van der Waals surface area contributed by atoms with E-state index in [0.717, 1.165) is 119 Å². The van der Waals surface area contributed by atoms with E-state index in [9.17, 15) is 0 Å². The standard InChI is InChI=1S/C96H59B2N5OS3/c1-5-28-60(29-6-1)66-36-13-19-42-74(66)101-80-59-84-73(98-71-41-18-21-44-76(71)103(79-47-27-53-91-94(79)69-39-16-24-50-88(69)107-91)83-56-65(57-85(104-84)96(83)98)99(61-30-7-2-8-31-61)62-32-9-3-10-33-62)58-72(80)97-70-40-17-20-43-75(70)102(78-46-26-52-90-93(78)68-38-15-23-49-87(68)106-90)82-55-64(54-81(101)95(82)97)100(63-34-11-4-12-35-63)77-45-25-51-89-92(77)67-37-14-22-48-86(67)105-89/h1-59H. The largest absolute Gasteiger partial charge is 0.458 e. The first kappa shape index (κ1) is 60.5. The highest BCUT2D eigenvalue weighted by Crippen LogP contribution is 2.56. The number of hydrogen-bond acceptors (Lipinski definition) is 9. The summed E-state index contributed by atoms with van der Waals surface area (Å²) in [6, 6.07) is 133. The zero-order valence-corrected chi connectivity index (χ0v) is 60.0. The fraction of sp³-hybridized carbons (Fsp3) is 0. The number of anilines is 15. The number of ether oxygens (including phenoxy) is 1. The van der Waals surface area contributed by atoms with E-state index in [1.807, 2.05) is 34.0 Å². The van der Waals surface area contributed by atoms with Gasteiger partial charge in [-0.1, -0.05) is 218 Å². The number of benzene rings is 16. The molecule has 0 fully saturated rings. The number of rotatable bonds is 10. The molecular weight excluding hydrogens is 1360 g/mol. The number of para-hydroxylation sites is 6. The molecule has 4 aliphatic heterocycles. The zero-order valence-electron chi connectivity index (χ0n) is 57.6. The maximum atomic E-state index is 8.05. The minimum atomic E-state index is -0.261. The van der Waals surface area contributed by atoms with Gasteiger partial charge in [0.1, 0.15) is 11.5 Å². The van der Waals surface area contributed by atoms with Crippen LogP contribution in [0.1, 0.15) is 0 Å². The third-order valence-corrected chi connectivity index (χ3v) is 25.8. The van der Waals surface area contributed by atoms with E-state index in [2.05, 4.69) is 382 Å². The third-order valence-electron chi connectivity index (χ3n) is 22.4. The van der Waals surface area contributed by atoms with E-state index in [1.165, 1.54) is 82.4 Å². The van der Waals surface area contributed by atoms with Gasteiger partial charge < -0.3 is 29.2 Å². The van der Waals surface area contributed by atoms with Gasteiger partial charge in [-0.05, 0) is 166 Å². The van der Waals surface area contributed by atoms with Crippen LogP contribution in [0.2, 0.25) is 0 Å². The van der Waals surface area contributed by atoms with Crippen molar-refractivity contribution >= 4 is 226 Å². The predicted molar refractivity (Wildman–Crippen MR) is 460 cm³/mol. The molecule has 0 spiro atoms. The fourth-order valence-corrected chi connectivity index (χ4v) is 21.5. The van der Waals surface area contributed by atoms with Gasteiger partial charge in [-0.2, -0.15) is 0 Å². The van der Waals surface area contributed by atoms with Crippen molar-refractivity contribution in [3.8, 4) is 22.6 Å². The Balaban J connectivity index is 0.837. The number of hydrogen-bond donors (Lipinski definition) is 0. The first-order valence-electron chi connectivity index (χ1n) is 36.5. The van der Waals surface area contributed by atoms with Crippen LogP contribution < -0.4 is 62.0 Å². The molecule has 107 heavy (non-hydrogen) atoms. The second-order valence-electron chi connectivity index (χ2n) is 28.1. The highest BCUT2D eigenvalue weighted by Gasteiger charge is 2.49. The molecule has 0 atom stereocenters. The van der Waals surface area contributed by atoms with Gasteiger partial charge in [0.05, 0.1) is 34.1 Å². The number of nitrogens with zero attached hydrogens (tertiary/aromatic N) is 5. The van der Waals surface area contributed by atoms with Crippen LogP contribution in [0.3, 0.4) is 0 Å². The molecule has 3 aromatic heterocycles. The quantitative estimate of drug-likeness (QED) is 0.127. The van der Waals surface area contributed by atoms with Gasteiger partial charge in [0.15, 0.2) is 0 Å². The van der Waals surface area contributed by atoms with Gasteiger partial charge >= 0.3 is 0 Å². The average Bonchev–Trinajstić information content (AvgIpc) is 1.17. The Morgan fingerprint density at radius 3 is 1.21 bits per heavy atom. The highest BCUT2D eigenvalue weighted by atomic mass is 32.1. The molecule has 11 heteroatoms. The van der Waals surface area contributed by atoms with Crippen molar-refractivity contribution in [3.63, 3.8) is 0 Å². The Labute approximate surface area is 631 Å². The second-order valence-corrected chi connectivity index (χ2v) is 31.4. The van der Waals surface area contributed by atoms with Crippen LogP contribution in [-0.2, 0) is 0 Å². The van der Waals surface area contributed by atoms with E-state index in [0.29, 0.717) is 0 Å². The van der Waals surface area contributed by atoms with Crippen molar-refractivity contribution in [2.45, 2.75) is 0 Å². The van der Waals surface area contributed by atoms with Crippen LogP contribution in [0.25, 0.3) is 71.6 Å². The van der Waals surface area contributed by atoms with Crippen molar-refractivity contribution in [2.24, 2.45) is 0 Å². The third kappa shape index (κ3) is 9.12. The van der Waals surface area contributed by atoms with E-state index in [1.54, 1.807) is 0 Å². The SMILES string of the molecule is c1ccc(-c2ccccc2N2c3cc4c(cc3B3c5ccccc5N(c5cccc6sc7ccccc7c56)c5cc(N(c6ccccc6)c6cccc7sc8ccccc8c67)cc2c53)B2c3ccccc3N(c3cccc5sc6ccccc6c35)c3cc(N(c5ccccc5)c5ccccc5)cc(c32)O4)cc1. The maximum Gasteiger partial charge on any atom is 0.256 e. The van der Waals surface area contributed by atoms with E-state index < -0.39 is 0 Å². The molecule has 498 valence electrons. The van der Waals surface area contributed by atoms with Gasteiger partial charge in [-0.25, -0.2) is 0 Å². The molecule has 0 N–H and O–H groups in total. The van der Waals surface area contributed by atoms with Gasteiger partial charge in [0, 0.05) is 129 Å². The molecule has 6 nitrogen and oxygen atoms in total. The molecule has 0 unspecified atom stereocenters. The lowest BCUT2D eigenvalue weighted by molar-refractivity contribution is 0.488. The summed E-state index contributed by atoms with van der Waals surface area (Å²) in [5.41, 5.74) is 25.6. The number of thiophene rings is 3. The van der Waals surface area contributed by atoms with Crippen LogP contribution in [0.15, 0.2) is 358 Å². The lowest BCUT2D eigenvalue weighted by Crippen LogP contribution is -2.64. The van der Waals surface area contributed by atoms with Gasteiger partial charge in [-0.3, -0.25) is 0 Å². The monoisotopic (exact) mass is 1420 g/mol. The van der Waals surface area contributed by atoms with Crippen molar-refractivity contribution < 1.29 is 4.74 Å². The topological polar surface area (TPSA) is 25.4 Å². The molecule has 4 aliphatic rings. The zero-order chi connectivity index (χ0) is 70.0. The Bertz CT molecular complexity index is 6840. The van der Waals surface area contributed by atoms with Crippen LogP contribution in [0.5, 0.6) is 11.5 Å². The molecule has 0 bridgehead atoms. The van der Waals surface area contributed by atoms with Crippen LogP contribution in [0.4, 0.5) is 85.3 Å². The fourth-order valence-electron chi connectivity index (χ4n) is 18.1. The molecular formula is C96H59B2N5OS3. The highest BCUT2D eigenvalue weighted by molar-refractivity contribution is 7.26. The van der Waals surface area contributed by atoms with Crippen LogP contribution >= 0.6 is 34.0 Å². The smallest absolute Gasteiger partial charge is 0.256 e. The summed E-state index contributed by atoms with van der Waals surface area (Å²) in [5, 5.41) is 7.43. The molecule has 23 rings (SSSR count). The van der Waals surface area contributed by atoms with Gasteiger partial charge in [0.2, 0.25) is 0 Å². The molecule has 0 radical (unpaired) electrons. The van der Waals surface area contributed by atoms with Gasteiger partial charge in [-0.15, -0.1) is 34.0 Å². The van der Waals surface area contributed by atoms with E-state index in [-0.39, 0.29) is 13.4 Å². The summed E-state index contributed by atoms with van der Waals surface area (Å²) in [6.07, 6.45) is 0.